The molecule has 0 saturated heterocycles. The second kappa shape index (κ2) is 4.74. The predicted molar refractivity (Wildman–Crippen MR) is 70.6 cm³/mol. The van der Waals surface area contributed by atoms with Gasteiger partial charge in [-0.25, -0.2) is 8.78 Å². The smallest absolute Gasteiger partial charge is 0.128 e. The summed E-state index contributed by atoms with van der Waals surface area (Å²) >= 11 is 0. The van der Waals surface area contributed by atoms with Gasteiger partial charge in [0.15, 0.2) is 0 Å². The normalized spacial score (nSPS) is 23.1. The molecule has 1 fully saturated rings. The minimum atomic E-state index is -0.444. The van der Waals surface area contributed by atoms with Crippen molar-refractivity contribution in [3.05, 3.63) is 71.3 Å². The van der Waals surface area contributed by atoms with Gasteiger partial charge in [-0.2, -0.15) is 0 Å². The first-order chi connectivity index (χ1) is 9.16. The lowest BCUT2D eigenvalue weighted by atomic mass is 9.99. The SMILES string of the molecule is NC(c1cc(F)ccc1F)C1CC1c1ccccc1. The third-order valence-corrected chi connectivity index (χ3v) is 3.85. The molecule has 1 saturated carbocycles. The van der Waals surface area contributed by atoms with Gasteiger partial charge in [0.2, 0.25) is 0 Å². The van der Waals surface area contributed by atoms with E-state index in [9.17, 15) is 8.78 Å². The molecule has 0 aliphatic heterocycles. The van der Waals surface area contributed by atoms with E-state index >= 15 is 0 Å². The fraction of sp³-hybridized carbons (Fsp3) is 0.250. The van der Waals surface area contributed by atoms with Gasteiger partial charge in [-0.15, -0.1) is 0 Å². The molecule has 1 aliphatic carbocycles. The van der Waals surface area contributed by atoms with Gasteiger partial charge in [0.1, 0.15) is 11.6 Å². The van der Waals surface area contributed by atoms with Gasteiger partial charge in [0, 0.05) is 11.6 Å². The largest absolute Gasteiger partial charge is 0.324 e. The number of hydrogen-bond donors (Lipinski definition) is 1. The topological polar surface area (TPSA) is 26.0 Å². The molecule has 1 nitrogen and oxygen atoms in total. The molecule has 2 N–H and O–H groups in total. The van der Waals surface area contributed by atoms with Crippen LogP contribution in [0.1, 0.15) is 29.5 Å². The van der Waals surface area contributed by atoms with Crippen molar-refractivity contribution in [2.45, 2.75) is 18.4 Å². The summed E-state index contributed by atoms with van der Waals surface area (Å²) in [4.78, 5) is 0. The second-order valence-electron chi connectivity index (χ2n) is 5.11. The van der Waals surface area contributed by atoms with Crippen molar-refractivity contribution in [3.8, 4) is 0 Å². The summed E-state index contributed by atoms with van der Waals surface area (Å²) in [6, 6.07) is 13.1. The van der Waals surface area contributed by atoms with E-state index in [0.29, 0.717) is 5.92 Å². The fourth-order valence-corrected chi connectivity index (χ4v) is 2.70. The van der Waals surface area contributed by atoms with Crippen molar-refractivity contribution < 1.29 is 8.78 Å². The third-order valence-electron chi connectivity index (χ3n) is 3.85. The maximum absolute atomic E-state index is 13.7. The van der Waals surface area contributed by atoms with E-state index in [0.717, 1.165) is 18.6 Å². The summed E-state index contributed by atoms with van der Waals surface area (Å²) in [6.45, 7) is 0. The molecule has 3 heteroatoms. The molecule has 0 aromatic heterocycles. The molecule has 98 valence electrons. The highest BCUT2D eigenvalue weighted by molar-refractivity contribution is 5.31. The molecule has 0 heterocycles. The van der Waals surface area contributed by atoms with Crippen LogP contribution >= 0.6 is 0 Å². The van der Waals surface area contributed by atoms with Crippen LogP contribution in [-0.2, 0) is 0 Å². The minimum absolute atomic E-state index is 0.193. The standard InChI is InChI=1S/C16H15F2N/c17-11-6-7-15(18)14(8-11)16(19)13-9-12(13)10-4-2-1-3-5-10/h1-8,12-13,16H,9,19H2. The van der Waals surface area contributed by atoms with E-state index in [1.807, 2.05) is 18.2 Å². The zero-order valence-corrected chi connectivity index (χ0v) is 10.4. The molecule has 0 radical (unpaired) electrons. The van der Waals surface area contributed by atoms with Crippen LogP contribution in [-0.4, -0.2) is 0 Å². The van der Waals surface area contributed by atoms with Crippen LogP contribution in [0.5, 0.6) is 0 Å². The molecule has 2 aromatic carbocycles. The van der Waals surface area contributed by atoms with E-state index in [4.69, 9.17) is 5.73 Å². The Labute approximate surface area is 111 Å². The molecule has 0 bridgehead atoms. The van der Waals surface area contributed by atoms with E-state index in [-0.39, 0.29) is 11.5 Å². The molecule has 3 unspecified atom stereocenters. The van der Waals surface area contributed by atoms with Crippen LogP contribution in [0.15, 0.2) is 48.5 Å². The highest BCUT2D eigenvalue weighted by atomic mass is 19.1. The van der Waals surface area contributed by atoms with Crippen LogP contribution in [0.4, 0.5) is 8.78 Å². The summed E-state index contributed by atoms with van der Waals surface area (Å²) in [5.74, 6) is -0.311. The van der Waals surface area contributed by atoms with E-state index in [1.54, 1.807) is 0 Å². The average Bonchev–Trinajstić information content (AvgIpc) is 3.22. The second-order valence-corrected chi connectivity index (χ2v) is 5.11. The lowest BCUT2D eigenvalue weighted by Crippen LogP contribution is -2.15. The van der Waals surface area contributed by atoms with Crippen molar-refractivity contribution in [1.29, 1.82) is 0 Å². The van der Waals surface area contributed by atoms with Gasteiger partial charge in [0.25, 0.3) is 0 Å². The van der Waals surface area contributed by atoms with Crippen LogP contribution in [0.2, 0.25) is 0 Å². The van der Waals surface area contributed by atoms with Gasteiger partial charge >= 0.3 is 0 Å². The molecular weight excluding hydrogens is 244 g/mol. The monoisotopic (exact) mass is 259 g/mol. The summed E-state index contributed by atoms with van der Waals surface area (Å²) in [5, 5.41) is 0. The number of halogens is 2. The van der Waals surface area contributed by atoms with Gasteiger partial charge in [-0.1, -0.05) is 30.3 Å². The number of nitrogens with two attached hydrogens (primary N) is 1. The Bertz CT molecular complexity index is 583. The summed E-state index contributed by atoms with van der Waals surface area (Å²) < 4.78 is 26.9. The highest BCUT2D eigenvalue weighted by Crippen LogP contribution is 2.53. The maximum atomic E-state index is 13.7. The number of benzene rings is 2. The Morgan fingerprint density at radius 3 is 2.53 bits per heavy atom. The van der Waals surface area contributed by atoms with Crippen molar-refractivity contribution in [2.75, 3.05) is 0 Å². The summed E-state index contributed by atoms with van der Waals surface area (Å²) in [7, 11) is 0. The summed E-state index contributed by atoms with van der Waals surface area (Å²) in [6.07, 6.45) is 0.932. The molecule has 3 rings (SSSR count). The van der Waals surface area contributed by atoms with E-state index in [1.165, 1.54) is 11.6 Å². The predicted octanol–water partition coefficient (Wildman–Crippen LogP) is 3.77. The highest BCUT2D eigenvalue weighted by Gasteiger charge is 2.43. The molecule has 2 aromatic rings. The first kappa shape index (κ1) is 12.3. The number of hydrogen-bond acceptors (Lipinski definition) is 1. The van der Waals surface area contributed by atoms with Gasteiger partial charge in [-0.05, 0) is 42.0 Å². The van der Waals surface area contributed by atoms with Crippen molar-refractivity contribution >= 4 is 0 Å². The Morgan fingerprint density at radius 1 is 1.05 bits per heavy atom. The van der Waals surface area contributed by atoms with E-state index in [2.05, 4.69) is 12.1 Å². The minimum Gasteiger partial charge on any atom is -0.324 e. The third kappa shape index (κ3) is 2.38. The zero-order chi connectivity index (χ0) is 13.4. The van der Waals surface area contributed by atoms with Crippen LogP contribution in [0.25, 0.3) is 0 Å². The Balaban J connectivity index is 1.80. The van der Waals surface area contributed by atoms with Crippen molar-refractivity contribution in [1.82, 2.24) is 0 Å². The quantitative estimate of drug-likeness (QED) is 0.892. The molecular formula is C16H15F2N. The van der Waals surface area contributed by atoms with Crippen LogP contribution in [0, 0.1) is 17.6 Å². The van der Waals surface area contributed by atoms with Crippen molar-refractivity contribution in [3.63, 3.8) is 0 Å². The van der Waals surface area contributed by atoms with Gasteiger partial charge in [0.05, 0.1) is 0 Å². The van der Waals surface area contributed by atoms with Gasteiger partial charge < -0.3 is 5.73 Å². The van der Waals surface area contributed by atoms with Crippen LogP contribution < -0.4 is 5.73 Å². The molecule has 1 aliphatic rings. The fourth-order valence-electron chi connectivity index (χ4n) is 2.70. The van der Waals surface area contributed by atoms with Gasteiger partial charge in [-0.3, -0.25) is 0 Å². The van der Waals surface area contributed by atoms with Crippen molar-refractivity contribution in [2.24, 2.45) is 11.7 Å². The van der Waals surface area contributed by atoms with Crippen LogP contribution in [0.3, 0.4) is 0 Å². The Kier molecular flexibility index (Phi) is 3.07. The maximum Gasteiger partial charge on any atom is 0.128 e. The Hall–Kier alpha value is -1.74. The molecule has 19 heavy (non-hydrogen) atoms. The first-order valence-corrected chi connectivity index (χ1v) is 6.42. The lowest BCUT2D eigenvalue weighted by Gasteiger charge is -2.13. The molecule has 0 amide bonds. The zero-order valence-electron chi connectivity index (χ0n) is 10.4. The summed E-state index contributed by atoms with van der Waals surface area (Å²) in [5.41, 5.74) is 7.59. The Morgan fingerprint density at radius 2 is 1.79 bits per heavy atom. The average molecular weight is 259 g/mol. The lowest BCUT2D eigenvalue weighted by molar-refractivity contribution is 0.534. The molecule has 0 spiro atoms. The molecule has 3 atom stereocenters. The number of rotatable bonds is 3. The first-order valence-electron chi connectivity index (χ1n) is 6.42. The van der Waals surface area contributed by atoms with E-state index < -0.39 is 17.7 Å².